The standard InChI is InChI=1S/C16H16F3N3O2/c17-16(18,19)24-14-6-4-12(5-7-14)22-15(20)21-9-8-11-2-1-3-13(23)10-11/h1-7,10,23H,8-9H2,(H3,20,21,22). The van der Waals surface area contributed by atoms with E-state index >= 15 is 0 Å². The highest BCUT2D eigenvalue weighted by molar-refractivity contribution is 5.92. The Morgan fingerprint density at radius 1 is 1.17 bits per heavy atom. The number of aliphatic imine (C=N–C) groups is 1. The second kappa shape index (κ2) is 7.58. The van der Waals surface area contributed by atoms with Gasteiger partial charge in [0.05, 0.1) is 0 Å². The molecule has 0 aliphatic carbocycles. The molecule has 4 N–H and O–H groups in total. The smallest absolute Gasteiger partial charge is 0.508 e. The van der Waals surface area contributed by atoms with Gasteiger partial charge in [-0.3, -0.25) is 4.99 Å². The second-order valence-corrected chi connectivity index (χ2v) is 4.88. The number of rotatable bonds is 5. The Morgan fingerprint density at radius 3 is 2.50 bits per heavy atom. The molecule has 0 saturated carbocycles. The predicted molar refractivity (Wildman–Crippen MR) is 85.0 cm³/mol. The van der Waals surface area contributed by atoms with Crippen molar-refractivity contribution in [3.05, 3.63) is 54.1 Å². The monoisotopic (exact) mass is 339 g/mol. The highest BCUT2D eigenvalue weighted by atomic mass is 19.4. The molecule has 2 aromatic carbocycles. The Morgan fingerprint density at radius 2 is 1.88 bits per heavy atom. The average Bonchev–Trinajstić information content (AvgIpc) is 2.48. The van der Waals surface area contributed by atoms with Gasteiger partial charge in [0, 0.05) is 12.2 Å². The van der Waals surface area contributed by atoms with Crippen LogP contribution in [-0.2, 0) is 6.42 Å². The number of nitrogens with one attached hydrogen (secondary N) is 1. The lowest BCUT2D eigenvalue weighted by Crippen LogP contribution is -2.23. The molecule has 8 heteroatoms. The van der Waals surface area contributed by atoms with Crippen LogP contribution in [0, 0.1) is 0 Å². The molecular weight excluding hydrogens is 323 g/mol. The van der Waals surface area contributed by atoms with Crippen molar-refractivity contribution in [3.63, 3.8) is 0 Å². The Bertz CT molecular complexity index is 700. The van der Waals surface area contributed by atoms with Crippen molar-refractivity contribution in [2.75, 3.05) is 11.9 Å². The van der Waals surface area contributed by atoms with Crippen molar-refractivity contribution in [1.29, 1.82) is 0 Å². The van der Waals surface area contributed by atoms with Crippen molar-refractivity contribution in [2.24, 2.45) is 10.7 Å². The van der Waals surface area contributed by atoms with E-state index in [1.165, 1.54) is 24.3 Å². The van der Waals surface area contributed by atoms with E-state index in [4.69, 9.17) is 5.73 Å². The van der Waals surface area contributed by atoms with Gasteiger partial charge >= 0.3 is 6.36 Å². The van der Waals surface area contributed by atoms with Crippen LogP contribution in [0.15, 0.2) is 53.5 Å². The summed E-state index contributed by atoms with van der Waals surface area (Å²) in [5.74, 6) is 0.0100. The number of anilines is 1. The number of ether oxygens (including phenoxy) is 1. The predicted octanol–water partition coefficient (Wildman–Crippen LogP) is 3.26. The van der Waals surface area contributed by atoms with Gasteiger partial charge in [-0.1, -0.05) is 12.1 Å². The first-order valence-electron chi connectivity index (χ1n) is 7.02. The summed E-state index contributed by atoms with van der Waals surface area (Å²) in [6.45, 7) is 0.400. The molecule has 2 rings (SSSR count). The van der Waals surface area contributed by atoms with E-state index in [2.05, 4.69) is 15.0 Å². The summed E-state index contributed by atoms with van der Waals surface area (Å²) in [4.78, 5) is 4.12. The average molecular weight is 339 g/mol. The highest BCUT2D eigenvalue weighted by Crippen LogP contribution is 2.23. The molecule has 0 spiro atoms. The minimum Gasteiger partial charge on any atom is -0.508 e. The van der Waals surface area contributed by atoms with Crippen molar-refractivity contribution < 1.29 is 23.0 Å². The number of halogens is 3. The van der Waals surface area contributed by atoms with Crippen molar-refractivity contribution in [3.8, 4) is 11.5 Å². The van der Waals surface area contributed by atoms with E-state index in [-0.39, 0.29) is 17.5 Å². The fourth-order valence-corrected chi connectivity index (χ4v) is 1.94. The molecule has 5 nitrogen and oxygen atoms in total. The first-order valence-corrected chi connectivity index (χ1v) is 7.02. The van der Waals surface area contributed by atoms with Gasteiger partial charge in [-0.25, -0.2) is 0 Å². The summed E-state index contributed by atoms with van der Waals surface area (Å²) in [7, 11) is 0. The first-order chi connectivity index (χ1) is 11.3. The Hall–Kier alpha value is -2.90. The number of nitrogens with two attached hydrogens (primary N) is 1. The summed E-state index contributed by atoms with van der Waals surface area (Å²) in [6, 6.07) is 12.0. The van der Waals surface area contributed by atoms with Crippen LogP contribution in [-0.4, -0.2) is 24.0 Å². The van der Waals surface area contributed by atoms with E-state index in [9.17, 15) is 18.3 Å². The first kappa shape index (κ1) is 17.5. The number of aromatic hydroxyl groups is 1. The maximum Gasteiger partial charge on any atom is 0.573 e. The zero-order valence-corrected chi connectivity index (χ0v) is 12.5. The number of alkyl halides is 3. The van der Waals surface area contributed by atoms with Gasteiger partial charge in [0.2, 0.25) is 0 Å². The van der Waals surface area contributed by atoms with E-state index in [0.717, 1.165) is 5.56 Å². The number of guanidine groups is 1. The van der Waals surface area contributed by atoms with E-state index in [0.29, 0.717) is 18.7 Å². The van der Waals surface area contributed by atoms with E-state index < -0.39 is 6.36 Å². The molecule has 0 atom stereocenters. The molecule has 2 aromatic rings. The molecule has 128 valence electrons. The molecule has 0 heterocycles. The fourth-order valence-electron chi connectivity index (χ4n) is 1.94. The van der Waals surface area contributed by atoms with E-state index in [1.807, 2.05) is 6.07 Å². The third-order valence-electron chi connectivity index (χ3n) is 2.95. The number of hydrogen-bond acceptors (Lipinski definition) is 3. The molecule has 0 unspecified atom stereocenters. The zero-order valence-electron chi connectivity index (χ0n) is 12.5. The van der Waals surface area contributed by atoms with Crippen LogP contribution in [0.1, 0.15) is 5.56 Å². The van der Waals surface area contributed by atoms with Crippen LogP contribution in [0.2, 0.25) is 0 Å². The lowest BCUT2D eigenvalue weighted by atomic mass is 10.1. The summed E-state index contributed by atoms with van der Waals surface area (Å²) in [6.07, 6.45) is -4.13. The highest BCUT2D eigenvalue weighted by Gasteiger charge is 2.30. The number of hydrogen-bond donors (Lipinski definition) is 3. The van der Waals surface area contributed by atoms with Crippen LogP contribution < -0.4 is 15.8 Å². The third kappa shape index (κ3) is 6.07. The second-order valence-electron chi connectivity index (χ2n) is 4.88. The summed E-state index contributed by atoms with van der Waals surface area (Å²) in [5, 5.41) is 12.1. The molecule has 24 heavy (non-hydrogen) atoms. The number of phenols is 1. The Balaban J connectivity index is 1.86. The number of nitrogens with zero attached hydrogens (tertiary/aromatic N) is 1. The van der Waals surface area contributed by atoms with Crippen LogP contribution in [0.3, 0.4) is 0 Å². The minimum absolute atomic E-state index is 0.139. The number of phenolic OH excluding ortho intramolecular Hbond substituents is 1. The van der Waals surface area contributed by atoms with Crippen molar-refractivity contribution in [1.82, 2.24) is 0 Å². The van der Waals surface area contributed by atoms with Gasteiger partial charge in [-0.15, -0.1) is 13.2 Å². The fraction of sp³-hybridized carbons (Fsp3) is 0.188. The molecule has 0 fully saturated rings. The van der Waals surface area contributed by atoms with Gasteiger partial charge < -0.3 is 20.9 Å². The summed E-state index contributed by atoms with van der Waals surface area (Å²) < 4.78 is 40.0. The molecule has 0 radical (unpaired) electrons. The van der Waals surface area contributed by atoms with Crippen LogP contribution in [0.25, 0.3) is 0 Å². The normalized spacial score (nSPS) is 12.0. The van der Waals surface area contributed by atoms with Gasteiger partial charge in [-0.2, -0.15) is 0 Å². The molecule has 0 bridgehead atoms. The largest absolute Gasteiger partial charge is 0.573 e. The van der Waals surface area contributed by atoms with Gasteiger partial charge in [0.25, 0.3) is 0 Å². The van der Waals surface area contributed by atoms with Crippen molar-refractivity contribution >= 4 is 11.6 Å². The quantitative estimate of drug-likeness (QED) is 0.577. The zero-order chi connectivity index (χ0) is 17.6. The van der Waals surface area contributed by atoms with Crippen LogP contribution in [0.4, 0.5) is 18.9 Å². The maximum absolute atomic E-state index is 12.1. The van der Waals surface area contributed by atoms with E-state index in [1.54, 1.807) is 18.2 Å². The lowest BCUT2D eigenvalue weighted by molar-refractivity contribution is -0.274. The van der Waals surface area contributed by atoms with Gasteiger partial charge in [0.15, 0.2) is 5.96 Å². The van der Waals surface area contributed by atoms with Gasteiger partial charge in [-0.05, 0) is 48.4 Å². The molecule has 0 aliphatic heterocycles. The lowest BCUT2D eigenvalue weighted by Gasteiger charge is -2.10. The Labute approximate surface area is 136 Å². The molecule has 0 aromatic heterocycles. The van der Waals surface area contributed by atoms with Crippen LogP contribution >= 0.6 is 0 Å². The van der Waals surface area contributed by atoms with Crippen molar-refractivity contribution in [2.45, 2.75) is 12.8 Å². The van der Waals surface area contributed by atoms with Crippen LogP contribution in [0.5, 0.6) is 11.5 Å². The topological polar surface area (TPSA) is 79.9 Å². The Kier molecular flexibility index (Phi) is 5.51. The molecule has 0 aliphatic rings. The third-order valence-corrected chi connectivity index (χ3v) is 2.95. The summed E-state index contributed by atoms with van der Waals surface area (Å²) >= 11 is 0. The minimum atomic E-state index is -4.72. The number of benzene rings is 2. The molecular formula is C16H16F3N3O2. The van der Waals surface area contributed by atoms with Gasteiger partial charge in [0.1, 0.15) is 11.5 Å². The molecule has 0 saturated heterocycles. The molecule has 0 amide bonds. The maximum atomic E-state index is 12.1. The SMILES string of the molecule is NC(=NCCc1cccc(O)c1)Nc1ccc(OC(F)(F)F)cc1. The summed E-state index contributed by atoms with van der Waals surface area (Å²) in [5.41, 5.74) is 7.12.